The van der Waals surface area contributed by atoms with Gasteiger partial charge in [-0.05, 0) is 17.7 Å². The molecular weight excluding hydrogens is 368 g/mol. The minimum Gasteiger partial charge on any atom is -0.507 e. The van der Waals surface area contributed by atoms with Gasteiger partial charge in [-0.3, -0.25) is 0 Å². The first-order valence-corrected chi connectivity index (χ1v) is 9.79. The molecule has 3 aromatic carbocycles. The van der Waals surface area contributed by atoms with E-state index in [0.717, 1.165) is 16.0 Å². The molecule has 3 nitrogen and oxygen atoms in total. The van der Waals surface area contributed by atoms with Crippen molar-refractivity contribution in [1.82, 2.24) is 0 Å². The fourth-order valence-corrected chi connectivity index (χ4v) is 4.25. The lowest BCUT2D eigenvalue weighted by Crippen LogP contribution is -2.12. The van der Waals surface area contributed by atoms with Gasteiger partial charge in [0, 0.05) is 16.5 Å². The molecular formula is C24H18O3S. The molecule has 4 heteroatoms. The minimum absolute atomic E-state index is 0.0626. The van der Waals surface area contributed by atoms with E-state index in [1.54, 1.807) is 0 Å². The van der Waals surface area contributed by atoms with Crippen LogP contribution in [0.15, 0.2) is 111 Å². The molecule has 0 aliphatic carbocycles. The van der Waals surface area contributed by atoms with Crippen molar-refractivity contribution in [3.63, 3.8) is 0 Å². The highest BCUT2D eigenvalue weighted by Gasteiger charge is 2.25. The highest BCUT2D eigenvalue weighted by atomic mass is 32.2. The number of rotatable bonds is 5. The summed E-state index contributed by atoms with van der Waals surface area (Å²) >= 11 is 1.50. The first-order valence-electron chi connectivity index (χ1n) is 8.91. The Morgan fingerprint density at radius 1 is 0.786 bits per heavy atom. The predicted molar refractivity (Wildman–Crippen MR) is 113 cm³/mol. The van der Waals surface area contributed by atoms with E-state index in [-0.39, 0.29) is 16.6 Å². The van der Waals surface area contributed by atoms with Crippen LogP contribution < -0.4 is 5.63 Å². The average molecular weight is 386 g/mol. The first kappa shape index (κ1) is 18.1. The van der Waals surface area contributed by atoms with Gasteiger partial charge in [-0.25, -0.2) is 4.79 Å². The van der Waals surface area contributed by atoms with Crippen molar-refractivity contribution in [1.29, 1.82) is 0 Å². The van der Waals surface area contributed by atoms with E-state index in [4.69, 9.17) is 4.42 Å². The van der Waals surface area contributed by atoms with E-state index in [2.05, 4.69) is 0 Å². The summed E-state index contributed by atoms with van der Waals surface area (Å²) in [6.07, 6.45) is 0. The zero-order valence-electron chi connectivity index (χ0n) is 15.0. The van der Waals surface area contributed by atoms with Crippen LogP contribution in [0, 0.1) is 0 Å². The number of aromatic hydroxyl groups is 1. The second kappa shape index (κ2) is 8.19. The molecule has 138 valence electrons. The smallest absolute Gasteiger partial charge is 0.344 e. The number of benzene rings is 3. The van der Waals surface area contributed by atoms with Crippen LogP contribution in [0.3, 0.4) is 0 Å². The maximum Gasteiger partial charge on any atom is 0.344 e. The SMILES string of the molecule is O=c1oc(-c2ccccc2)cc(O)c1[C@H](Sc1ccccc1)c1ccccc1. The largest absolute Gasteiger partial charge is 0.507 e. The van der Waals surface area contributed by atoms with Gasteiger partial charge in [0.05, 0.1) is 10.8 Å². The van der Waals surface area contributed by atoms with Crippen LogP contribution >= 0.6 is 11.8 Å². The normalized spacial score (nSPS) is 11.9. The molecule has 0 unspecified atom stereocenters. The molecule has 1 heterocycles. The van der Waals surface area contributed by atoms with Gasteiger partial charge in [0.1, 0.15) is 11.5 Å². The predicted octanol–water partition coefficient (Wildman–Crippen LogP) is 5.89. The molecule has 0 aliphatic rings. The summed E-state index contributed by atoms with van der Waals surface area (Å²) in [7, 11) is 0. The summed E-state index contributed by atoms with van der Waals surface area (Å²) in [6.45, 7) is 0. The molecule has 0 aliphatic heterocycles. The minimum atomic E-state index is -0.531. The van der Waals surface area contributed by atoms with E-state index in [1.165, 1.54) is 17.8 Å². The van der Waals surface area contributed by atoms with Crippen molar-refractivity contribution in [3.05, 3.63) is 119 Å². The lowest BCUT2D eigenvalue weighted by molar-refractivity contribution is 0.442. The number of hydrogen-bond acceptors (Lipinski definition) is 4. The van der Waals surface area contributed by atoms with Gasteiger partial charge < -0.3 is 9.52 Å². The van der Waals surface area contributed by atoms with Crippen molar-refractivity contribution in [2.45, 2.75) is 10.1 Å². The van der Waals surface area contributed by atoms with Crippen LogP contribution in [-0.4, -0.2) is 5.11 Å². The van der Waals surface area contributed by atoms with Crippen LogP contribution in [0.1, 0.15) is 16.4 Å². The Bertz CT molecular complexity index is 1110. The topological polar surface area (TPSA) is 50.4 Å². The Morgan fingerprint density at radius 2 is 1.36 bits per heavy atom. The molecule has 0 saturated heterocycles. The molecule has 1 atom stereocenters. The Hall–Kier alpha value is -3.24. The molecule has 4 rings (SSSR count). The molecule has 0 bridgehead atoms. The van der Waals surface area contributed by atoms with Gasteiger partial charge in [-0.1, -0.05) is 78.9 Å². The summed E-state index contributed by atoms with van der Waals surface area (Å²) in [5.74, 6) is 0.288. The summed E-state index contributed by atoms with van der Waals surface area (Å²) < 4.78 is 5.59. The monoisotopic (exact) mass is 386 g/mol. The van der Waals surface area contributed by atoms with Gasteiger partial charge in [0.2, 0.25) is 0 Å². The molecule has 1 N–H and O–H groups in total. The van der Waals surface area contributed by atoms with Gasteiger partial charge in [0.15, 0.2) is 0 Å². The van der Waals surface area contributed by atoms with Crippen molar-refractivity contribution in [2.24, 2.45) is 0 Å². The molecule has 0 radical (unpaired) electrons. The third kappa shape index (κ3) is 3.87. The summed E-state index contributed by atoms with van der Waals surface area (Å²) in [5, 5.41) is 10.4. The molecule has 28 heavy (non-hydrogen) atoms. The second-order valence-electron chi connectivity index (χ2n) is 6.28. The van der Waals surface area contributed by atoms with Crippen LogP contribution in [0.25, 0.3) is 11.3 Å². The van der Waals surface area contributed by atoms with E-state index in [0.29, 0.717) is 5.76 Å². The lowest BCUT2D eigenvalue weighted by atomic mass is 10.0. The molecule has 1 aromatic heterocycles. The summed E-state index contributed by atoms with van der Waals surface area (Å²) in [4.78, 5) is 13.9. The number of hydrogen-bond donors (Lipinski definition) is 1. The summed E-state index contributed by atoms with van der Waals surface area (Å²) in [5.41, 5.74) is 1.38. The quantitative estimate of drug-likeness (QED) is 0.434. The Balaban J connectivity index is 1.81. The molecule has 0 amide bonds. The van der Waals surface area contributed by atoms with Crippen molar-refractivity contribution in [3.8, 4) is 17.1 Å². The van der Waals surface area contributed by atoms with E-state index < -0.39 is 5.63 Å². The standard InChI is InChI=1S/C24H18O3S/c25-20-16-21(17-10-4-1-5-11-17)27-24(26)22(20)23(18-12-6-2-7-13-18)28-19-14-8-3-9-15-19/h1-16,23,25H/t23-/m1/s1. The maximum atomic E-state index is 12.9. The van der Waals surface area contributed by atoms with Crippen molar-refractivity contribution < 1.29 is 9.52 Å². The van der Waals surface area contributed by atoms with E-state index in [9.17, 15) is 9.90 Å². The third-order valence-corrected chi connectivity index (χ3v) is 5.67. The lowest BCUT2D eigenvalue weighted by Gasteiger charge is -2.18. The highest BCUT2D eigenvalue weighted by molar-refractivity contribution is 7.99. The molecule has 0 fully saturated rings. The van der Waals surface area contributed by atoms with Crippen molar-refractivity contribution >= 4 is 11.8 Å². The van der Waals surface area contributed by atoms with Gasteiger partial charge in [-0.15, -0.1) is 11.8 Å². The van der Waals surface area contributed by atoms with Gasteiger partial charge >= 0.3 is 5.63 Å². The van der Waals surface area contributed by atoms with Gasteiger partial charge in [-0.2, -0.15) is 0 Å². The fraction of sp³-hybridized carbons (Fsp3) is 0.0417. The Morgan fingerprint density at radius 3 is 1.96 bits per heavy atom. The zero-order chi connectivity index (χ0) is 19.3. The van der Waals surface area contributed by atoms with Crippen LogP contribution in [0.5, 0.6) is 5.75 Å². The molecule has 0 saturated carbocycles. The Labute approximate surface area is 167 Å². The second-order valence-corrected chi connectivity index (χ2v) is 7.46. The summed E-state index contributed by atoms with van der Waals surface area (Å²) in [6, 6.07) is 30.3. The highest BCUT2D eigenvalue weighted by Crippen LogP contribution is 2.42. The third-order valence-electron chi connectivity index (χ3n) is 4.39. The first-order chi connectivity index (χ1) is 13.7. The number of thioether (sulfide) groups is 1. The van der Waals surface area contributed by atoms with Crippen molar-refractivity contribution in [2.75, 3.05) is 0 Å². The zero-order valence-corrected chi connectivity index (χ0v) is 15.8. The maximum absolute atomic E-state index is 12.9. The van der Waals surface area contributed by atoms with Crippen LogP contribution in [-0.2, 0) is 0 Å². The molecule has 0 spiro atoms. The van der Waals surface area contributed by atoms with Crippen LogP contribution in [0.4, 0.5) is 0 Å². The van der Waals surface area contributed by atoms with Gasteiger partial charge in [0.25, 0.3) is 0 Å². The van der Waals surface area contributed by atoms with E-state index in [1.807, 2.05) is 91.0 Å². The molecule has 4 aromatic rings. The van der Waals surface area contributed by atoms with Crippen LogP contribution in [0.2, 0.25) is 0 Å². The average Bonchev–Trinajstić information content (AvgIpc) is 2.74. The Kier molecular flexibility index (Phi) is 5.31. The fourth-order valence-electron chi connectivity index (χ4n) is 3.03. The van der Waals surface area contributed by atoms with E-state index >= 15 is 0 Å².